The second kappa shape index (κ2) is 7.64. The third-order valence-electron chi connectivity index (χ3n) is 4.84. The molecule has 1 saturated carbocycles. The maximum absolute atomic E-state index is 12.4. The largest absolute Gasteiger partial charge is 0.474 e. The molecule has 24 heavy (non-hydrogen) atoms. The highest BCUT2D eigenvalue weighted by atomic mass is 16.5. The molecule has 1 N–H and O–H groups in total. The molecule has 2 aliphatic rings. The van der Waals surface area contributed by atoms with Gasteiger partial charge in [0.05, 0.1) is 0 Å². The molecule has 0 radical (unpaired) electrons. The SMILES string of the molecule is CC(=O)N1CCC[C@@H]1C(=O)NCc1cccnc1OC1CCCC1. The number of nitrogens with zero attached hydrogens (tertiary/aromatic N) is 2. The third-order valence-corrected chi connectivity index (χ3v) is 4.84. The maximum Gasteiger partial charge on any atom is 0.243 e. The first-order valence-electron chi connectivity index (χ1n) is 8.80. The Morgan fingerprint density at radius 2 is 2.08 bits per heavy atom. The lowest BCUT2D eigenvalue weighted by atomic mass is 10.2. The summed E-state index contributed by atoms with van der Waals surface area (Å²) in [5, 5.41) is 2.94. The average molecular weight is 331 g/mol. The van der Waals surface area contributed by atoms with Crippen LogP contribution in [-0.4, -0.2) is 40.4 Å². The van der Waals surface area contributed by atoms with Crippen LogP contribution in [0.2, 0.25) is 0 Å². The van der Waals surface area contributed by atoms with Crippen molar-refractivity contribution in [1.82, 2.24) is 15.2 Å². The van der Waals surface area contributed by atoms with Crippen molar-refractivity contribution in [3.63, 3.8) is 0 Å². The Kier molecular flexibility index (Phi) is 5.33. The molecule has 1 saturated heterocycles. The van der Waals surface area contributed by atoms with Crippen molar-refractivity contribution < 1.29 is 14.3 Å². The molecule has 0 spiro atoms. The first-order chi connectivity index (χ1) is 11.6. The van der Waals surface area contributed by atoms with Crippen LogP contribution in [0.1, 0.15) is 51.0 Å². The van der Waals surface area contributed by atoms with Crippen LogP contribution < -0.4 is 10.1 Å². The number of amides is 2. The van der Waals surface area contributed by atoms with E-state index in [1.54, 1.807) is 11.1 Å². The molecule has 6 nitrogen and oxygen atoms in total. The number of hydrogen-bond donors (Lipinski definition) is 1. The van der Waals surface area contributed by atoms with E-state index >= 15 is 0 Å². The normalized spacial score (nSPS) is 21.0. The number of likely N-dealkylation sites (tertiary alicyclic amines) is 1. The van der Waals surface area contributed by atoms with Crippen LogP contribution in [0.25, 0.3) is 0 Å². The van der Waals surface area contributed by atoms with Gasteiger partial charge < -0.3 is 15.0 Å². The number of pyridine rings is 1. The molecular weight excluding hydrogens is 306 g/mol. The molecule has 1 aliphatic heterocycles. The molecule has 2 heterocycles. The topological polar surface area (TPSA) is 71.5 Å². The fourth-order valence-corrected chi connectivity index (χ4v) is 3.55. The van der Waals surface area contributed by atoms with Crippen LogP contribution in [-0.2, 0) is 16.1 Å². The minimum Gasteiger partial charge on any atom is -0.474 e. The third kappa shape index (κ3) is 3.86. The van der Waals surface area contributed by atoms with E-state index in [1.807, 2.05) is 12.1 Å². The van der Waals surface area contributed by atoms with Crippen molar-refractivity contribution in [2.75, 3.05) is 6.54 Å². The Morgan fingerprint density at radius 1 is 1.29 bits per heavy atom. The lowest BCUT2D eigenvalue weighted by Crippen LogP contribution is -2.44. The molecule has 1 aromatic heterocycles. The number of rotatable bonds is 5. The van der Waals surface area contributed by atoms with Crippen molar-refractivity contribution in [3.8, 4) is 5.88 Å². The summed E-state index contributed by atoms with van der Waals surface area (Å²) in [6.07, 6.45) is 8.08. The van der Waals surface area contributed by atoms with Crippen LogP contribution >= 0.6 is 0 Å². The predicted octanol–water partition coefficient (Wildman–Crippen LogP) is 2.03. The molecule has 1 aromatic rings. The van der Waals surface area contributed by atoms with Gasteiger partial charge in [-0.3, -0.25) is 9.59 Å². The summed E-state index contributed by atoms with van der Waals surface area (Å²) in [6, 6.07) is 3.42. The van der Waals surface area contributed by atoms with E-state index in [9.17, 15) is 9.59 Å². The van der Waals surface area contributed by atoms with Crippen molar-refractivity contribution >= 4 is 11.8 Å². The monoisotopic (exact) mass is 331 g/mol. The van der Waals surface area contributed by atoms with Crippen LogP contribution in [0.15, 0.2) is 18.3 Å². The molecule has 6 heteroatoms. The Morgan fingerprint density at radius 3 is 2.83 bits per heavy atom. The first kappa shape index (κ1) is 16.7. The van der Waals surface area contributed by atoms with Gasteiger partial charge in [-0.1, -0.05) is 6.07 Å². The zero-order valence-electron chi connectivity index (χ0n) is 14.2. The highest BCUT2D eigenvalue weighted by Crippen LogP contribution is 2.25. The fourth-order valence-electron chi connectivity index (χ4n) is 3.55. The molecule has 3 rings (SSSR count). The van der Waals surface area contributed by atoms with Gasteiger partial charge in [-0.2, -0.15) is 0 Å². The van der Waals surface area contributed by atoms with E-state index in [1.165, 1.54) is 19.8 Å². The standard InChI is InChI=1S/C18H25N3O3/c1-13(22)21-11-5-9-16(21)17(23)20-12-14-6-4-10-19-18(14)24-15-7-2-3-8-15/h4,6,10,15-16H,2-3,5,7-9,11-12H2,1H3,(H,20,23)/t16-/m1/s1. The zero-order valence-corrected chi connectivity index (χ0v) is 14.2. The molecule has 0 aromatic carbocycles. The van der Waals surface area contributed by atoms with Gasteiger partial charge >= 0.3 is 0 Å². The number of nitrogens with one attached hydrogen (secondary N) is 1. The highest BCUT2D eigenvalue weighted by molar-refractivity contribution is 5.87. The molecule has 2 amide bonds. The lowest BCUT2D eigenvalue weighted by Gasteiger charge is -2.22. The van der Waals surface area contributed by atoms with Gasteiger partial charge in [0, 0.05) is 31.8 Å². The van der Waals surface area contributed by atoms with Crippen molar-refractivity contribution in [1.29, 1.82) is 0 Å². The second-order valence-electron chi connectivity index (χ2n) is 6.58. The van der Waals surface area contributed by atoms with Gasteiger partial charge in [-0.05, 0) is 44.6 Å². The first-order valence-corrected chi connectivity index (χ1v) is 8.80. The summed E-state index contributed by atoms with van der Waals surface area (Å²) in [7, 11) is 0. The van der Waals surface area contributed by atoms with Gasteiger partial charge in [-0.25, -0.2) is 4.98 Å². The number of hydrogen-bond acceptors (Lipinski definition) is 4. The van der Waals surface area contributed by atoms with E-state index in [2.05, 4.69) is 10.3 Å². The summed E-state index contributed by atoms with van der Waals surface area (Å²) in [4.78, 5) is 30.0. The summed E-state index contributed by atoms with van der Waals surface area (Å²) < 4.78 is 6.00. The van der Waals surface area contributed by atoms with E-state index in [0.29, 0.717) is 19.0 Å². The van der Waals surface area contributed by atoms with Crippen LogP contribution in [0.3, 0.4) is 0 Å². The van der Waals surface area contributed by atoms with Gasteiger partial charge in [0.15, 0.2) is 0 Å². The summed E-state index contributed by atoms with van der Waals surface area (Å²) in [5.74, 6) is 0.470. The van der Waals surface area contributed by atoms with Crippen LogP contribution in [0, 0.1) is 0 Å². The summed E-state index contributed by atoms with van der Waals surface area (Å²) in [5.41, 5.74) is 0.880. The Hall–Kier alpha value is -2.11. The molecule has 2 fully saturated rings. The molecule has 1 aliphatic carbocycles. The average Bonchev–Trinajstić information content (AvgIpc) is 3.25. The molecule has 0 unspecified atom stereocenters. The second-order valence-corrected chi connectivity index (χ2v) is 6.58. The van der Waals surface area contributed by atoms with E-state index in [4.69, 9.17) is 4.74 Å². The number of carbonyl (C=O) groups is 2. The molecule has 1 atom stereocenters. The van der Waals surface area contributed by atoms with Gasteiger partial charge in [0.1, 0.15) is 12.1 Å². The Balaban J connectivity index is 1.60. The van der Waals surface area contributed by atoms with E-state index in [-0.39, 0.29) is 24.0 Å². The smallest absolute Gasteiger partial charge is 0.243 e. The summed E-state index contributed by atoms with van der Waals surface area (Å²) >= 11 is 0. The lowest BCUT2D eigenvalue weighted by molar-refractivity contribution is -0.136. The molecule has 0 bridgehead atoms. The van der Waals surface area contributed by atoms with Crippen molar-refractivity contribution in [2.45, 2.75) is 64.1 Å². The van der Waals surface area contributed by atoms with Crippen molar-refractivity contribution in [2.24, 2.45) is 0 Å². The quantitative estimate of drug-likeness (QED) is 0.896. The zero-order chi connectivity index (χ0) is 16.9. The van der Waals surface area contributed by atoms with Crippen molar-refractivity contribution in [3.05, 3.63) is 23.9 Å². The Bertz CT molecular complexity index is 599. The van der Waals surface area contributed by atoms with Crippen LogP contribution in [0.4, 0.5) is 0 Å². The van der Waals surface area contributed by atoms with E-state index in [0.717, 1.165) is 31.2 Å². The Labute approximate surface area is 142 Å². The van der Waals surface area contributed by atoms with Gasteiger partial charge in [0.2, 0.25) is 17.7 Å². The molecule has 130 valence electrons. The minimum atomic E-state index is -0.349. The van der Waals surface area contributed by atoms with Gasteiger partial charge in [-0.15, -0.1) is 0 Å². The van der Waals surface area contributed by atoms with Crippen LogP contribution in [0.5, 0.6) is 5.88 Å². The highest BCUT2D eigenvalue weighted by Gasteiger charge is 2.32. The summed E-state index contributed by atoms with van der Waals surface area (Å²) in [6.45, 7) is 2.55. The maximum atomic E-state index is 12.4. The minimum absolute atomic E-state index is 0.0423. The number of aromatic nitrogens is 1. The number of ether oxygens (including phenoxy) is 1. The molecular formula is C18H25N3O3. The predicted molar refractivity (Wildman–Crippen MR) is 89.4 cm³/mol. The number of carbonyl (C=O) groups excluding carboxylic acids is 2. The van der Waals surface area contributed by atoms with Gasteiger partial charge in [0.25, 0.3) is 0 Å². The fraction of sp³-hybridized carbons (Fsp3) is 0.611. The van der Waals surface area contributed by atoms with E-state index < -0.39 is 0 Å².